The zero-order valence-electron chi connectivity index (χ0n) is 21.4. The number of aromatic amines is 1. The number of hydrogen-bond donors (Lipinski definition) is 3. The molecule has 2 aromatic rings. The van der Waals surface area contributed by atoms with Crippen molar-refractivity contribution in [1.82, 2.24) is 15.6 Å². The summed E-state index contributed by atoms with van der Waals surface area (Å²) < 4.78 is 0. The molecule has 1 heterocycles. The summed E-state index contributed by atoms with van der Waals surface area (Å²) in [6, 6.07) is 6.06. The topological polar surface area (TPSA) is 94.3 Å². The van der Waals surface area contributed by atoms with Crippen molar-refractivity contribution in [2.45, 2.75) is 85.4 Å². The predicted octanol–water partition coefficient (Wildman–Crippen LogP) is 4.55. The highest BCUT2D eigenvalue weighted by Gasteiger charge is 2.28. The number of H-pyrrole nitrogens is 1. The maximum atomic E-state index is 13.2. The van der Waals surface area contributed by atoms with E-state index in [4.69, 9.17) is 11.6 Å². The first-order valence-corrected chi connectivity index (χ1v) is 12.9. The number of pyridine rings is 1. The van der Waals surface area contributed by atoms with E-state index in [0.717, 1.165) is 54.7 Å². The van der Waals surface area contributed by atoms with Crippen molar-refractivity contribution in [3.05, 3.63) is 61.5 Å². The number of aryl methyl sites for hydroxylation is 2. The number of nitrogens with zero attached hydrogens (tertiary/aromatic N) is 1. The normalized spacial score (nSPS) is 17.7. The maximum Gasteiger partial charge on any atom is 0.253 e. The summed E-state index contributed by atoms with van der Waals surface area (Å²) in [6.45, 7) is 10.6. The molecule has 8 heteroatoms. The molecule has 0 unspecified atom stereocenters. The van der Waals surface area contributed by atoms with Gasteiger partial charge in [-0.2, -0.15) is 0 Å². The first kappa shape index (κ1) is 26.8. The minimum Gasteiger partial charge on any atom is -0.369 e. The summed E-state index contributed by atoms with van der Waals surface area (Å²) in [5, 5.41) is 6.52. The highest BCUT2D eigenvalue weighted by molar-refractivity contribution is 6.31. The van der Waals surface area contributed by atoms with Gasteiger partial charge < -0.3 is 20.5 Å². The number of carbonyl (C=O) groups is 2. The van der Waals surface area contributed by atoms with Gasteiger partial charge in [-0.25, -0.2) is 0 Å². The zero-order valence-corrected chi connectivity index (χ0v) is 22.1. The highest BCUT2D eigenvalue weighted by atomic mass is 35.5. The Hall–Kier alpha value is -2.80. The number of anilines is 1. The molecular formula is C27H37ClN4O3. The van der Waals surface area contributed by atoms with Gasteiger partial charge in [0.2, 0.25) is 5.91 Å². The largest absolute Gasteiger partial charge is 0.369 e. The van der Waals surface area contributed by atoms with Gasteiger partial charge in [-0.3, -0.25) is 14.4 Å². The lowest BCUT2D eigenvalue weighted by Gasteiger charge is -2.39. The molecule has 3 rings (SSSR count). The summed E-state index contributed by atoms with van der Waals surface area (Å²) in [7, 11) is 0. The molecule has 1 aliphatic rings. The van der Waals surface area contributed by atoms with E-state index in [-0.39, 0.29) is 30.0 Å². The molecule has 2 amide bonds. The lowest BCUT2D eigenvalue weighted by atomic mass is 9.89. The SMILES string of the molecule is CCC(=O)NC1CCC(N(CC)c2cc(Cl)cc(C(=O)NCc3c(C)cc(C)[nH]c3=O)c2C)CC1. The molecule has 1 fully saturated rings. The van der Waals surface area contributed by atoms with Crippen molar-refractivity contribution in [1.29, 1.82) is 0 Å². The Morgan fingerprint density at radius 1 is 1.09 bits per heavy atom. The van der Waals surface area contributed by atoms with E-state index in [1.807, 2.05) is 39.8 Å². The minimum absolute atomic E-state index is 0.102. The first-order valence-electron chi connectivity index (χ1n) is 12.5. The van der Waals surface area contributed by atoms with Crippen LogP contribution in [0, 0.1) is 20.8 Å². The van der Waals surface area contributed by atoms with Crippen LogP contribution in [0.3, 0.4) is 0 Å². The zero-order chi connectivity index (χ0) is 25.7. The lowest BCUT2D eigenvalue weighted by molar-refractivity contribution is -0.121. The molecule has 1 aromatic heterocycles. The third kappa shape index (κ3) is 6.45. The van der Waals surface area contributed by atoms with Gasteiger partial charge in [0.15, 0.2) is 0 Å². The van der Waals surface area contributed by atoms with Gasteiger partial charge in [-0.15, -0.1) is 0 Å². The van der Waals surface area contributed by atoms with Crippen molar-refractivity contribution >= 4 is 29.1 Å². The second-order valence-electron chi connectivity index (χ2n) is 9.44. The number of benzene rings is 1. The first-order chi connectivity index (χ1) is 16.6. The molecule has 35 heavy (non-hydrogen) atoms. The van der Waals surface area contributed by atoms with Crippen molar-refractivity contribution < 1.29 is 9.59 Å². The van der Waals surface area contributed by atoms with E-state index >= 15 is 0 Å². The summed E-state index contributed by atoms with van der Waals surface area (Å²) in [6.07, 6.45) is 4.30. The number of carbonyl (C=O) groups excluding carboxylic acids is 2. The van der Waals surface area contributed by atoms with E-state index in [9.17, 15) is 14.4 Å². The molecule has 1 aromatic carbocycles. The van der Waals surface area contributed by atoms with Crippen LogP contribution in [0.4, 0.5) is 5.69 Å². The Morgan fingerprint density at radius 2 is 1.77 bits per heavy atom. The molecule has 1 aliphatic carbocycles. The number of hydrogen-bond acceptors (Lipinski definition) is 4. The molecule has 7 nitrogen and oxygen atoms in total. The third-order valence-electron chi connectivity index (χ3n) is 6.98. The molecule has 0 spiro atoms. The van der Waals surface area contributed by atoms with Gasteiger partial charge in [0, 0.05) is 59.1 Å². The van der Waals surface area contributed by atoms with Crippen molar-refractivity contribution in [3.63, 3.8) is 0 Å². The van der Waals surface area contributed by atoms with E-state index in [2.05, 4.69) is 27.4 Å². The Labute approximate surface area is 212 Å². The third-order valence-corrected chi connectivity index (χ3v) is 7.20. The summed E-state index contributed by atoms with van der Waals surface area (Å²) in [5.41, 5.74) is 4.33. The number of rotatable bonds is 8. The number of aromatic nitrogens is 1. The predicted molar refractivity (Wildman–Crippen MR) is 141 cm³/mol. The van der Waals surface area contributed by atoms with Crippen LogP contribution < -0.4 is 21.1 Å². The van der Waals surface area contributed by atoms with Crippen molar-refractivity contribution in [3.8, 4) is 0 Å². The van der Waals surface area contributed by atoms with Crippen LogP contribution in [0.15, 0.2) is 23.0 Å². The maximum absolute atomic E-state index is 13.2. The summed E-state index contributed by atoms with van der Waals surface area (Å²) in [5.74, 6) is -0.155. The molecular weight excluding hydrogens is 464 g/mol. The number of amides is 2. The molecule has 0 aliphatic heterocycles. The quantitative estimate of drug-likeness (QED) is 0.495. The molecule has 3 N–H and O–H groups in total. The monoisotopic (exact) mass is 500 g/mol. The second kappa shape index (κ2) is 11.8. The Balaban J connectivity index is 1.77. The van der Waals surface area contributed by atoms with Crippen LogP contribution in [-0.4, -0.2) is 35.4 Å². The van der Waals surface area contributed by atoms with Gasteiger partial charge >= 0.3 is 0 Å². The van der Waals surface area contributed by atoms with Gasteiger partial charge in [-0.05, 0) is 82.7 Å². The summed E-state index contributed by atoms with van der Waals surface area (Å²) >= 11 is 6.48. The molecule has 0 bridgehead atoms. The minimum atomic E-state index is -0.257. The second-order valence-corrected chi connectivity index (χ2v) is 9.87. The van der Waals surface area contributed by atoms with E-state index in [1.165, 1.54) is 0 Å². The Morgan fingerprint density at radius 3 is 2.37 bits per heavy atom. The number of halogens is 1. The Kier molecular flexibility index (Phi) is 9.00. The molecule has 0 radical (unpaired) electrons. The fourth-order valence-electron chi connectivity index (χ4n) is 5.05. The van der Waals surface area contributed by atoms with Crippen LogP contribution in [0.1, 0.15) is 78.7 Å². The van der Waals surface area contributed by atoms with Crippen LogP contribution in [0.5, 0.6) is 0 Å². The van der Waals surface area contributed by atoms with Crippen LogP contribution in [-0.2, 0) is 11.3 Å². The van der Waals surface area contributed by atoms with Crippen molar-refractivity contribution in [2.75, 3.05) is 11.4 Å². The Bertz CT molecular complexity index is 1140. The summed E-state index contributed by atoms with van der Waals surface area (Å²) in [4.78, 5) is 42.4. The average Bonchev–Trinajstić information content (AvgIpc) is 2.81. The standard InChI is InChI=1S/C27H37ClN4O3/c1-6-25(33)31-20-8-10-21(11-9-20)32(7-2)24-14-19(28)13-22(18(24)5)26(34)29-15-23-16(3)12-17(4)30-27(23)35/h12-14,20-21H,6-11,15H2,1-5H3,(H,29,34)(H,30,35)(H,31,33). The average molecular weight is 501 g/mol. The molecule has 0 atom stereocenters. The fourth-order valence-corrected chi connectivity index (χ4v) is 5.26. The fraction of sp³-hybridized carbons (Fsp3) is 0.519. The van der Waals surface area contributed by atoms with Crippen LogP contribution in [0.2, 0.25) is 5.02 Å². The van der Waals surface area contributed by atoms with Crippen molar-refractivity contribution in [2.24, 2.45) is 0 Å². The van der Waals surface area contributed by atoms with E-state index < -0.39 is 0 Å². The van der Waals surface area contributed by atoms with Crippen LogP contribution in [0.25, 0.3) is 0 Å². The molecule has 1 saturated carbocycles. The lowest BCUT2D eigenvalue weighted by Crippen LogP contribution is -2.44. The van der Waals surface area contributed by atoms with Gasteiger partial charge in [-0.1, -0.05) is 18.5 Å². The van der Waals surface area contributed by atoms with Crippen LogP contribution >= 0.6 is 11.6 Å². The molecule has 0 saturated heterocycles. The van der Waals surface area contributed by atoms with Gasteiger partial charge in [0.25, 0.3) is 11.5 Å². The van der Waals surface area contributed by atoms with E-state index in [1.54, 1.807) is 6.07 Å². The van der Waals surface area contributed by atoms with E-state index in [0.29, 0.717) is 28.6 Å². The number of nitrogens with one attached hydrogen (secondary N) is 3. The van der Waals surface area contributed by atoms with Gasteiger partial charge in [0.1, 0.15) is 0 Å². The highest BCUT2D eigenvalue weighted by Crippen LogP contribution is 2.33. The van der Waals surface area contributed by atoms with Gasteiger partial charge in [0.05, 0.1) is 0 Å². The smallest absolute Gasteiger partial charge is 0.253 e. The molecule has 190 valence electrons.